The van der Waals surface area contributed by atoms with Gasteiger partial charge in [0.05, 0.1) is 17.4 Å². The fourth-order valence-corrected chi connectivity index (χ4v) is 2.34. The molecule has 0 aliphatic carbocycles. The van der Waals surface area contributed by atoms with Crippen LogP contribution in [0.3, 0.4) is 0 Å². The molecule has 3 atom stereocenters. The lowest BCUT2D eigenvalue weighted by atomic mass is 9.84. The Morgan fingerprint density at radius 2 is 1.79 bits per heavy atom. The molecule has 1 aliphatic rings. The number of aliphatic hydroxyl groups is 1. The molecule has 0 bridgehead atoms. The zero-order valence-electron chi connectivity index (χ0n) is 11.7. The zero-order valence-corrected chi connectivity index (χ0v) is 11.7. The predicted molar refractivity (Wildman–Crippen MR) is 68.8 cm³/mol. The van der Waals surface area contributed by atoms with E-state index in [1.165, 1.54) is 0 Å². The monoisotopic (exact) mass is 273 g/mol. The molecule has 1 rings (SSSR count). The largest absolute Gasteiger partial charge is 0.481 e. The quantitative estimate of drug-likeness (QED) is 0.675. The Balaban J connectivity index is 2.72. The smallest absolute Gasteiger partial charge is 0.308 e. The van der Waals surface area contributed by atoms with Gasteiger partial charge < -0.3 is 15.3 Å². The maximum atomic E-state index is 11.2. The van der Waals surface area contributed by atoms with Gasteiger partial charge in [0.1, 0.15) is 0 Å². The van der Waals surface area contributed by atoms with Gasteiger partial charge in [0, 0.05) is 13.1 Å². The number of β-amino-alcohol motifs (C(OH)–C–C–N with tert-alkyl or cyclic N) is 1. The van der Waals surface area contributed by atoms with Crippen LogP contribution in [0.4, 0.5) is 0 Å². The van der Waals surface area contributed by atoms with Crippen LogP contribution in [0.1, 0.15) is 27.2 Å². The molecule has 0 aromatic rings. The second-order valence-corrected chi connectivity index (χ2v) is 5.93. The Bertz CT molecular complexity index is 353. The number of nitrogens with zero attached hydrogens (tertiary/aromatic N) is 1. The van der Waals surface area contributed by atoms with Crippen molar-refractivity contribution in [3.05, 3.63) is 0 Å². The summed E-state index contributed by atoms with van der Waals surface area (Å²) in [7, 11) is 0. The van der Waals surface area contributed by atoms with Gasteiger partial charge in [0.25, 0.3) is 0 Å². The minimum Gasteiger partial charge on any atom is -0.481 e. The molecular formula is C13H23NO5. The molecule has 0 saturated carbocycles. The van der Waals surface area contributed by atoms with Gasteiger partial charge in [-0.15, -0.1) is 0 Å². The van der Waals surface area contributed by atoms with Crippen molar-refractivity contribution >= 4 is 11.9 Å². The average molecular weight is 273 g/mol. The number of aliphatic carboxylic acids is 2. The van der Waals surface area contributed by atoms with Crippen molar-refractivity contribution in [3.63, 3.8) is 0 Å². The highest BCUT2D eigenvalue weighted by atomic mass is 16.4. The fraction of sp³-hybridized carbons (Fsp3) is 0.846. The third-order valence-corrected chi connectivity index (χ3v) is 4.12. The van der Waals surface area contributed by atoms with Gasteiger partial charge >= 0.3 is 11.9 Å². The molecule has 6 heteroatoms. The van der Waals surface area contributed by atoms with Crippen LogP contribution < -0.4 is 0 Å². The van der Waals surface area contributed by atoms with Crippen LogP contribution >= 0.6 is 0 Å². The van der Waals surface area contributed by atoms with Crippen molar-refractivity contribution in [2.75, 3.05) is 19.6 Å². The van der Waals surface area contributed by atoms with Gasteiger partial charge in [-0.25, -0.2) is 0 Å². The predicted octanol–water partition coefficient (Wildman–Crippen LogP) is 0.501. The number of hydrogen-bond donors (Lipinski definition) is 3. The Hall–Kier alpha value is -1.14. The summed E-state index contributed by atoms with van der Waals surface area (Å²) in [5, 5.41) is 28.4. The fourth-order valence-electron chi connectivity index (χ4n) is 2.34. The van der Waals surface area contributed by atoms with Crippen molar-refractivity contribution in [3.8, 4) is 0 Å². The van der Waals surface area contributed by atoms with Crippen LogP contribution in [0, 0.1) is 17.8 Å². The third-order valence-electron chi connectivity index (χ3n) is 4.12. The molecule has 1 saturated heterocycles. The van der Waals surface area contributed by atoms with E-state index in [2.05, 4.69) is 0 Å². The molecule has 110 valence electrons. The minimum absolute atomic E-state index is 0.0491. The second kappa shape index (κ2) is 5.88. The Morgan fingerprint density at radius 3 is 2.21 bits per heavy atom. The molecule has 3 unspecified atom stereocenters. The van der Waals surface area contributed by atoms with E-state index in [4.69, 9.17) is 10.2 Å². The van der Waals surface area contributed by atoms with Crippen molar-refractivity contribution < 1.29 is 24.9 Å². The van der Waals surface area contributed by atoms with Gasteiger partial charge in [0.2, 0.25) is 0 Å². The van der Waals surface area contributed by atoms with Crippen molar-refractivity contribution in [1.29, 1.82) is 0 Å². The molecule has 3 N–H and O–H groups in total. The first-order valence-corrected chi connectivity index (χ1v) is 6.55. The standard InChI is InChI=1S/C13H23NO5/c1-8(2)13(3,19)7-14-5-4-9(11(15)16)10(6-14)12(17)18/h8-10,19H,4-7H2,1-3H3,(H,15,16)(H,17,18). The summed E-state index contributed by atoms with van der Waals surface area (Å²) < 4.78 is 0. The summed E-state index contributed by atoms with van der Waals surface area (Å²) in [6, 6.07) is 0. The van der Waals surface area contributed by atoms with E-state index in [-0.39, 0.29) is 12.5 Å². The Morgan fingerprint density at radius 1 is 1.26 bits per heavy atom. The zero-order chi connectivity index (χ0) is 14.8. The van der Waals surface area contributed by atoms with Crippen LogP contribution in [0.15, 0.2) is 0 Å². The van der Waals surface area contributed by atoms with E-state index in [0.717, 1.165) is 0 Å². The van der Waals surface area contributed by atoms with Crippen LogP contribution in [-0.2, 0) is 9.59 Å². The number of carboxylic acids is 2. The van der Waals surface area contributed by atoms with Crippen molar-refractivity contribution in [1.82, 2.24) is 4.90 Å². The number of carboxylic acid groups (broad SMARTS) is 2. The Labute approximate surface area is 113 Å². The van der Waals surface area contributed by atoms with Crippen LogP contribution in [0.5, 0.6) is 0 Å². The van der Waals surface area contributed by atoms with E-state index >= 15 is 0 Å². The van der Waals surface area contributed by atoms with Gasteiger partial charge in [-0.3, -0.25) is 14.5 Å². The minimum atomic E-state index is -1.08. The van der Waals surface area contributed by atoms with E-state index < -0.39 is 29.4 Å². The maximum absolute atomic E-state index is 11.2. The Kier molecular flexibility index (Phi) is 4.92. The van der Waals surface area contributed by atoms with Crippen molar-refractivity contribution in [2.45, 2.75) is 32.8 Å². The SMILES string of the molecule is CC(C)C(C)(O)CN1CCC(C(=O)O)C(C(=O)O)C1. The third kappa shape index (κ3) is 3.91. The molecule has 1 fully saturated rings. The summed E-state index contributed by atoms with van der Waals surface area (Å²) >= 11 is 0. The first-order chi connectivity index (χ1) is 8.65. The van der Waals surface area contributed by atoms with Crippen LogP contribution in [-0.4, -0.2) is 57.4 Å². The molecule has 19 heavy (non-hydrogen) atoms. The van der Waals surface area contributed by atoms with Crippen LogP contribution in [0.25, 0.3) is 0 Å². The average Bonchev–Trinajstić information content (AvgIpc) is 2.27. The molecular weight excluding hydrogens is 250 g/mol. The van der Waals surface area contributed by atoms with E-state index in [1.54, 1.807) is 6.92 Å². The summed E-state index contributed by atoms with van der Waals surface area (Å²) in [4.78, 5) is 24.0. The number of piperidine rings is 1. The number of carbonyl (C=O) groups is 2. The van der Waals surface area contributed by atoms with E-state index in [1.807, 2.05) is 18.7 Å². The molecule has 6 nitrogen and oxygen atoms in total. The van der Waals surface area contributed by atoms with E-state index in [9.17, 15) is 14.7 Å². The van der Waals surface area contributed by atoms with Gasteiger partial charge in [-0.1, -0.05) is 13.8 Å². The normalized spacial score (nSPS) is 28.1. The summed E-state index contributed by atoms with van der Waals surface area (Å²) in [5.74, 6) is -3.83. The van der Waals surface area contributed by atoms with Gasteiger partial charge in [-0.05, 0) is 25.8 Å². The molecule has 0 radical (unpaired) electrons. The number of hydrogen-bond acceptors (Lipinski definition) is 4. The summed E-state index contributed by atoms with van der Waals surface area (Å²) in [6.07, 6.45) is 0.306. The molecule has 0 spiro atoms. The highest BCUT2D eigenvalue weighted by molar-refractivity contribution is 5.80. The molecule has 0 aromatic carbocycles. The lowest BCUT2D eigenvalue weighted by Crippen LogP contribution is -2.52. The number of likely N-dealkylation sites (tertiary alicyclic amines) is 1. The molecule has 1 heterocycles. The lowest BCUT2D eigenvalue weighted by molar-refractivity contribution is -0.158. The highest BCUT2D eigenvalue weighted by Crippen LogP contribution is 2.27. The first-order valence-electron chi connectivity index (χ1n) is 6.55. The lowest BCUT2D eigenvalue weighted by Gasteiger charge is -2.39. The molecule has 0 aromatic heterocycles. The van der Waals surface area contributed by atoms with Gasteiger partial charge in [0.15, 0.2) is 0 Å². The highest BCUT2D eigenvalue weighted by Gasteiger charge is 2.40. The second-order valence-electron chi connectivity index (χ2n) is 5.93. The van der Waals surface area contributed by atoms with Gasteiger partial charge in [-0.2, -0.15) is 0 Å². The van der Waals surface area contributed by atoms with E-state index in [0.29, 0.717) is 19.5 Å². The molecule has 0 amide bonds. The maximum Gasteiger partial charge on any atom is 0.308 e. The number of rotatable bonds is 5. The van der Waals surface area contributed by atoms with Crippen LogP contribution in [0.2, 0.25) is 0 Å². The topological polar surface area (TPSA) is 98.1 Å². The summed E-state index contributed by atoms with van der Waals surface area (Å²) in [5.41, 5.74) is -0.904. The first kappa shape index (κ1) is 15.9. The molecule has 1 aliphatic heterocycles. The summed E-state index contributed by atoms with van der Waals surface area (Å²) in [6.45, 7) is 6.56. The van der Waals surface area contributed by atoms with Crippen molar-refractivity contribution in [2.24, 2.45) is 17.8 Å².